The van der Waals surface area contributed by atoms with Crippen LogP contribution in [0.5, 0.6) is 0 Å². The molecule has 0 bridgehead atoms. The number of ether oxygens (including phenoxy) is 7. The zero-order chi connectivity index (χ0) is 32.3. The monoisotopic (exact) mass is 631 g/mol. The van der Waals surface area contributed by atoms with Gasteiger partial charge < -0.3 is 38.9 Å². The average Bonchev–Trinajstić information content (AvgIpc) is 3.10. The van der Waals surface area contributed by atoms with Crippen molar-refractivity contribution in [2.24, 2.45) is 5.73 Å². The molecule has 2 aliphatic rings. The molecule has 1 saturated heterocycles. The summed E-state index contributed by atoms with van der Waals surface area (Å²) in [6.45, 7) is 4.36. The molecule has 0 aromatic heterocycles. The first-order valence-electron chi connectivity index (χ1n) is 15.6. The lowest BCUT2D eigenvalue weighted by Crippen LogP contribution is -2.51. The van der Waals surface area contributed by atoms with Crippen LogP contribution in [-0.4, -0.2) is 68.5 Å². The van der Waals surface area contributed by atoms with Gasteiger partial charge in [-0.1, -0.05) is 80.1 Å². The van der Waals surface area contributed by atoms with Crippen molar-refractivity contribution in [1.82, 2.24) is 0 Å². The summed E-state index contributed by atoms with van der Waals surface area (Å²) >= 11 is 0. The lowest BCUT2D eigenvalue weighted by atomic mass is 10.1. The molecule has 10 nitrogen and oxygen atoms in total. The zero-order valence-corrected chi connectivity index (χ0v) is 26.1. The average molecular weight is 632 g/mol. The van der Waals surface area contributed by atoms with Gasteiger partial charge in [0.05, 0.1) is 30.4 Å². The molecule has 10 heteroatoms. The number of hydrogen-bond donors (Lipinski definition) is 1. The van der Waals surface area contributed by atoms with Gasteiger partial charge in [0.1, 0.15) is 24.1 Å². The Morgan fingerprint density at radius 2 is 1.48 bits per heavy atom. The summed E-state index contributed by atoms with van der Waals surface area (Å²) in [4.78, 5) is 25.9. The molecule has 2 N–H and O–H groups in total. The summed E-state index contributed by atoms with van der Waals surface area (Å²) in [6.07, 6.45) is -0.754. The molecule has 0 spiro atoms. The third-order valence-corrected chi connectivity index (χ3v) is 7.63. The topological polar surface area (TPSA) is 125 Å². The van der Waals surface area contributed by atoms with E-state index in [1.165, 1.54) is 0 Å². The minimum absolute atomic E-state index is 0.0947. The number of carbonyl (C=O) groups is 2. The molecule has 244 valence electrons. The van der Waals surface area contributed by atoms with E-state index in [-0.39, 0.29) is 13.2 Å². The number of nitrogens with two attached hydrogens (primary N) is 1. The Morgan fingerprint density at radius 3 is 2.11 bits per heavy atom. The Balaban J connectivity index is 1.28. The maximum Gasteiger partial charge on any atom is 0.338 e. The lowest BCUT2D eigenvalue weighted by Gasteiger charge is -2.40. The fourth-order valence-corrected chi connectivity index (χ4v) is 5.10. The van der Waals surface area contributed by atoms with Crippen molar-refractivity contribution in [3.63, 3.8) is 0 Å². The van der Waals surface area contributed by atoms with Crippen LogP contribution in [0, 0.1) is 0 Å². The van der Waals surface area contributed by atoms with E-state index >= 15 is 0 Å². The Kier molecular flexibility index (Phi) is 11.9. The second-order valence-electron chi connectivity index (χ2n) is 11.2. The van der Waals surface area contributed by atoms with Gasteiger partial charge in [0, 0.05) is 12.2 Å². The van der Waals surface area contributed by atoms with Gasteiger partial charge >= 0.3 is 11.9 Å². The molecule has 3 aromatic carbocycles. The Hall–Kier alpha value is -4.06. The molecular weight excluding hydrogens is 590 g/mol. The first-order chi connectivity index (χ1) is 22.4. The number of hydrogen-bond acceptors (Lipinski definition) is 10. The minimum atomic E-state index is -1.04. The molecule has 3 aromatic rings. The van der Waals surface area contributed by atoms with Gasteiger partial charge in [0.25, 0.3) is 0 Å². The van der Waals surface area contributed by atoms with Crippen LogP contribution in [0.1, 0.15) is 59.3 Å². The van der Waals surface area contributed by atoms with Gasteiger partial charge in [0.2, 0.25) is 6.29 Å². The highest BCUT2D eigenvalue weighted by molar-refractivity contribution is 5.90. The van der Waals surface area contributed by atoms with Gasteiger partial charge in [0.15, 0.2) is 12.4 Å². The Morgan fingerprint density at radius 1 is 0.870 bits per heavy atom. The maximum atomic E-state index is 13.1. The van der Waals surface area contributed by atoms with Gasteiger partial charge in [-0.2, -0.15) is 0 Å². The smallest absolute Gasteiger partial charge is 0.338 e. The normalized spacial score (nSPS) is 22.7. The van der Waals surface area contributed by atoms with E-state index in [0.29, 0.717) is 23.5 Å². The van der Waals surface area contributed by atoms with Crippen molar-refractivity contribution in [1.29, 1.82) is 0 Å². The lowest BCUT2D eigenvalue weighted by molar-refractivity contribution is -0.273. The number of esters is 2. The predicted octanol–water partition coefficient (Wildman–Crippen LogP) is 5.34. The van der Waals surface area contributed by atoms with Crippen LogP contribution in [0.4, 0.5) is 0 Å². The third-order valence-electron chi connectivity index (χ3n) is 7.63. The van der Waals surface area contributed by atoms with E-state index < -0.39 is 55.0 Å². The standard InChI is InChI=1S/C36H41NO9/c1-3-4-20-40-30-21-29-31(23-42-35(44-29)27-18-12-7-13-19-27)45-36(30)41-22-28(37)32(46-34(39)26-16-10-6-11-17-26)24(2)43-33(38)25-14-8-5-9-15-25/h5-19,21,24,28,30-32,35-36H,3-4,20,22-23,37H2,1-2H3/t24-,28+,30?,31?,32-,35?,36?/m1/s1. The van der Waals surface area contributed by atoms with Crippen LogP contribution < -0.4 is 5.73 Å². The van der Waals surface area contributed by atoms with Crippen molar-refractivity contribution in [2.75, 3.05) is 19.8 Å². The van der Waals surface area contributed by atoms with E-state index in [0.717, 1.165) is 18.4 Å². The van der Waals surface area contributed by atoms with E-state index in [2.05, 4.69) is 6.92 Å². The molecule has 7 atom stereocenters. The summed E-state index contributed by atoms with van der Waals surface area (Å²) in [7, 11) is 0. The van der Waals surface area contributed by atoms with Crippen LogP contribution >= 0.6 is 0 Å². The van der Waals surface area contributed by atoms with Crippen molar-refractivity contribution in [2.45, 2.75) is 69.7 Å². The zero-order valence-electron chi connectivity index (χ0n) is 26.1. The highest BCUT2D eigenvalue weighted by atomic mass is 16.7. The second-order valence-corrected chi connectivity index (χ2v) is 11.2. The molecule has 0 saturated carbocycles. The second kappa shape index (κ2) is 16.5. The molecule has 2 aliphatic heterocycles. The maximum absolute atomic E-state index is 13.1. The summed E-state index contributed by atoms with van der Waals surface area (Å²) in [5.74, 6) is -0.553. The summed E-state index contributed by atoms with van der Waals surface area (Å²) < 4.78 is 42.3. The minimum Gasteiger partial charge on any atom is -0.462 e. The van der Waals surface area contributed by atoms with Crippen LogP contribution in [0.2, 0.25) is 0 Å². The highest BCUT2D eigenvalue weighted by Gasteiger charge is 2.40. The predicted molar refractivity (Wildman–Crippen MR) is 169 cm³/mol. The third kappa shape index (κ3) is 8.80. The van der Waals surface area contributed by atoms with E-state index in [4.69, 9.17) is 38.9 Å². The van der Waals surface area contributed by atoms with Crippen LogP contribution in [-0.2, 0) is 33.2 Å². The first kappa shape index (κ1) is 33.3. The summed E-state index contributed by atoms with van der Waals surface area (Å²) in [5, 5.41) is 0. The number of fused-ring (bicyclic) bond motifs is 1. The molecule has 1 fully saturated rings. The molecule has 2 heterocycles. The molecule has 0 amide bonds. The van der Waals surface area contributed by atoms with E-state index in [1.807, 2.05) is 36.4 Å². The highest BCUT2D eigenvalue weighted by Crippen LogP contribution is 2.34. The van der Waals surface area contributed by atoms with Crippen molar-refractivity contribution in [3.8, 4) is 0 Å². The Labute approximate surface area is 269 Å². The van der Waals surface area contributed by atoms with Crippen LogP contribution in [0.3, 0.4) is 0 Å². The molecule has 4 unspecified atom stereocenters. The molecule has 0 radical (unpaired) electrons. The first-order valence-corrected chi connectivity index (χ1v) is 15.6. The number of rotatable bonds is 14. The summed E-state index contributed by atoms with van der Waals surface area (Å²) in [5.41, 5.74) is 8.20. The molecule has 5 rings (SSSR count). The number of benzene rings is 3. The SMILES string of the molecule is CCCCOC1C=C2OC(c3ccccc3)OCC2OC1OC[C@H](N)[C@H](OC(=O)c1ccccc1)[C@@H](C)OC(=O)c1ccccc1. The van der Waals surface area contributed by atoms with Gasteiger partial charge in [-0.15, -0.1) is 0 Å². The summed E-state index contributed by atoms with van der Waals surface area (Å²) in [6, 6.07) is 25.9. The van der Waals surface area contributed by atoms with E-state index in [9.17, 15) is 9.59 Å². The quantitative estimate of drug-likeness (QED) is 0.184. The van der Waals surface area contributed by atoms with Crippen molar-refractivity contribution in [3.05, 3.63) is 120 Å². The fourth-order valence-electron chi connectivity index (χ4n) is 5.10. The van der Waals surface area contributed by atoms with Crippen LogP contribution in [0.15, 0.2) is 103 Å². The van der Waals surface area contributed by atoms with Crippen molar-refractivity contribution < 1.29 is 42.7 Å². The molecule has 0 aliphatic carbocycles. The van der Waals surface area contributed by atoms with E-state index in [1.54, 1.807) is 67.6 Å². The number of carbonyl (C=O) groups excluding carboxylic acids is 2. The molecule has 46 heavy (non-hydrogen) atoms. The number of unbranched alkanes of at least 4 members (excludes halogenated alkanes) is 1. The van der Waals surface area contributed by atoms with Gasteiger partial charge in [-0.05, 0) is 43.7 Å². The van der Waals surface area contributed by atoms with Gasteiger partial charge in [-0.3, -0.25) is 0 Å². The van der Waals surface area contributed by atoms with Crippen LogP contribution in [0.25, 0.3) is 0 Å². The molecular formula is C36H41NO9. The largest absolute Gasteiger partial charge is 0.462 e. The fraction of sp³-hybridized carbons (Fsp3) is 0.389. The van der Waals surface area contributed by atoms with Gasteiger partial charge in [-0.25, -0.2) is 9.59 Å². The Bertz CT molecular complexity index is 1420. The van der Waals surface area contributed by atoms with Crippen molar-refractivity contribution >= 4 is 11.9 Å².